The van der Waals surface area contributed by atoms with Crippen LogP contribution >= 0.6 is 0 Å². The van der Waals surface area contributed by atoms with E-state index in [-0.39, 0.29) is 41.2 Å². The summed E-state index contributed by atoms with van der Waals surface area (Å²) in [5, 5.41) is 15.7. The van der Waals surface area contributed by atoms with Gasteiger partial charge >= 0.3 is 0 Å². The Morgan fingerprint density at radius 2 is 1.97 bits per heavy atom. The van der Waals surface area contributed by atoms with E-state index in [4.69, 9.17) is 0 Å². The number of fused-ring (bicyclic) bond motifs is 2. The molecule has 0 radical (unpaired) electrons. The lowest BCUT2D eigenvalue weighted by Gasteiger charge is -2.30. The standard InChI is InChI=1S/C22H25N5O5/c1-22(2,3)26-16-9-11-24(13-14(16)12-23-26)18(28)8-5-10-25-20(29)15-6-4-7-17(27(31)32)19(15)21(25)30/h4,6-7,12H,5,8-11,13H2,1-3H3. The van der Waals surface area contributed by atoms with Gasteiger partial charge < -0.3 is 4.90 Å². The number of hydrogen-bond acceptors (Lipinski definition) is 6. The maximum Gasteiger partial charge on any atom is 0.282 e. The predicted molar refractivity (Wildman–Crippen MR) is 114 cm³/mol. The molecule has 0 bridgehead atoms. The van der Waals surface area contributed by atoms with Gasteiger partial charge in [0.15, 0.2) is 0 Å². The third-order valence-corrected chi connectivity index (χ3v) is 5.87. The normalized spacial score (nSPS) is 15.7. The summed E-state index contributed by atoms with van der Waals surface area (Å²) in [7, 11) is 0. The Bertz CT molecular complexity index is 1130. The first-order chi connectivity index (χ1) is 15.1. The van der Waals surface area contributed by atoms with Gasteiger partial charge in [-0.15, -0.1) is 0 Å². The van der Waals surface area contributed by atoms with Crippen molar-refractivity contribution in [2.75, 3.05) is 13.1 Å². The van der Waals surface area contributed by atoms with Gasteiger partial charge in [0.2, 0.25) is 5.91 Å². The number of nitrogens with zero attached hydrogens (tertiary/aromatic N) is 5. The van der Waals surface area contributed by atoms with Crippen LogP contribution in [0.25, 0.3) is 0 Å². The number of imide groups is 1. The molecule has 0 N–H and O–H groups in total. The van der Waals surface area contributed by atoms with E-state index >= 15 is 0 Å². The minimum atomic E-state index is -0.679. The van der Waals surface area contributed by atoms with Crippen molar-refractivity contribution in [2.45, 2.75) is 52.1 Å². The van der Waals surface area contributed by atoms with Crippen LogP contribution < -0.4 is 0 Å². The highest BCUT2D eigenvalue weighted by atomic mass is 16.6. The van der Waals surface area contributed by atoms with E-state index in [0.717, 1.165) is 22.6 Å². The van der Waals surface area contributed by atoms with Crippen molar-refractivity contribution in [3.63, 3.8) is 0 Å². The van der Waals surface area contributed by atoms with E-state index < -0.39 is 16.7 Å². The Hall–Kier alpha value is -3.56. The number of carbonyl (C=O) groups is 3. The number of hydrogen-bond donors (Lipinski definition) is 0. The topological polar surface area (TPSA) is 119 Å². The van der Waals surface area contributed by atoms with Crippen LogP contribution in [0.2, 0.25) is 0 Å². The molecule has 0 unspecified atom stereocenters. The Labute approximate surface area is 184 Å². The number of carbonyl (C=O) groups excluding carboxylic acids is 3. The highest BCUT2D eigenvalue weighted by molar-refractivity contribution is 6.23. The fourth-order valence-corrected chi connectivity index (χ4v) is 4.34. The molecule has 0 saturated carbocycles. The molecule has 2 aromatic rings. The van der Waals surface area contributed by atoms with Crippen LogP contribution in [0.4, 0.5) is 5.69 Å². The fourth-order valence-electron chi connectivity index (χ4n) is 4.34. The highest BCUT2D eigenvalue weighted by Crippen LogP contribution is 2.31. The highest BCUT2D eigenvalue weighted by Gasteiger charge is 2.40. The number of rotatable bonds is 5. The maximum atomic E-state index is 12.7. The van der Waals surface area contributed by atoms with Gasteiger partial charge in [0.1, 0.15) is 5.56 Å². The van der Waals surface area contributed by atoms with E-state index in [1.807, 2.05) is 10.9 Å². The third kappa shape index (κ3) is 3.65. The molecule has 2 aliphatic heterocycles. The van der Waals surface area contributed by atoms with Crippen LogP contribution in [0.1, 0.15) is 65.6 Å². The first-order valence-corrected chi connectivity index (χ1v) is 10.6. The minimum absolute atomic E-state index is 0.0370. The molecular weight excluding hydrogens is 414 g/mol. The van der Waals surface area contributed by atoms with Gasteiger partial charge in [-0.3, -0.25) is 34.1 Å². The minimum Gasteiger partial charge on any atom is -0.338 e. The molecule has 32 heavy (non-hydrogen) atoms. The molecule has 0 fully saturated rings. The lowest BCUT2D eigenvalue weighted by molar-refractivity contribution is -0.385. The summed E-state index contributed by atoms with van der Waals surface area (Å²) in [6, 6.07) is 4.02. The lowest BCUT2D eigenvalue weighted by atomic mass is 10.0. The molecule has 0 spiro atoms. The molecule has 2 aliphatic rings. The molecular formula is C22H25N5O5. The second kappa shape index (κ2) is 7.85. The molecule has 0 atom stereocenters. The van der Waals surface area contributed by atoms with Crippen molar-refractivity contribution >= 4 is 23.4 Å². The Kier molecular flexibility index (Phi) is 5.31. The van der Waals surface area contributed by atoms with Crippen LogP contribution in [-0.2, 0) is 23.3 Å². The van der Waals surface area contributed by atoms with Crippen LogP contribution in [0.15, 0.2) is 24.4 Å². The second-order valence-electron chi connectivity index (χ2n) is 9.09. The average Bonchev–Trinajstić information content (AvgIpc) is 3.28. The maximum absolute atomic E-state index is 12.7. The molecule has 3 amide bonds. The Balaban J connectivity index is 1.36. The molecule has 1 aromatic carbocycles. The van der Waals surface area contributed by atoms with Crippen molar-refractivity contribution in [1.82, 2.24) is 19.6 Å². The van der Waals surface area contributed by atoms with Gasteiger partial charge in [0.25, 0.3) is 17.5 Å². The molecule has 4 rings (SSSR count). The van der Waals surface area contributed by atoms with Gasteiger partial charge in [-0.2, -0.15) is 5.10 Å². The zero-order valence-corrected chi connectivity index (χ0v) is 18.3. The molecule has 168 valence electrons. The van der Waals surface area contributed by atoms with Crippen molar-refractivity contribution < 1.29 is 19.3 Å². The van der Waals surface area contributed by atoms with Crippen molar-refractivity contribution in [3.05, 3.63) is 56.9 Å². The van der Waals surface area contributed by atoms with Crippen LogP contribution in [-0.4, -0.2) is 55.3 Å². The van der Waals surface area contributed by atoms with E-state index in [2.05, 4.69) is 25.9 Å². The second-order valence-corrected chi connectivity index (χ2v) is 9.09. The number of amides is 3. The molecule has 0 aliphatic carbocycles. The number of benzene rings is 1. The van der Waals surface area contributed by atoms with Crippen LogP contribution in [0.3, 0.4) is 0 Å². The SMILES string of the molecule is CC(C)(C)n1ncc2c1CCN(C(=O)CCCN1C(=O)c3cccc([N+](=O)[O-])c3C1=O)C2. The average molecular weight is 439 g/mol. The first-order valence-electron chi connectivity index (χ1n) is 10.6. The van der Waals surface area contributed by atoms with Gasteiger partial charge in [0, 0.05) is 49.8 Å². The van der Waals surface area contributed by atoms with Crippen LogP contribution in [0.5, 0.6) is 0 Å². The van der Waals surface area contributed by atoms with Gasteiger partial charge in [0.05, 0.1) is 22.2 Å². The smallest absolute Gasteiger partial charge is 0.282 e. The monoisotopic (exact) mass is 439 g/mol. The molecule has 10 heteroatoms. The van der Waals surface area contributed by atoms with E-state index in [9.17, 15) is 24.5 Å². The number of nitro benzene ring substituents is 1. The number of aromatic nitrogens is 2. The van der Waals surface area contributed by atoms with Crippen LogP contribution in [0, 0.1) is 10.1 Å². The zero-order chi connectivity index (χ0) is 23.2. The summed E-state index contributed by atoms with van der Waals surface area (Å²) in [5.74, 6) is -1.29. The van der Waals surface area contributed by atoms with Crippen molar-refractivity contribution in [2.24, 2.45) is 0 Å². The third-order valence-electron chi connectivity index (χ3n) is 5.87. The summed E-state index contributed by atoms with van der Waals surface area (Å²) < 4.78 is 2.01. The molecule has 10 nitrogen and oxygen atoms in total. The van der Waals surface area contributed by atoms with E-state index in [1.165, 1.54) is 18.2 Å². The summed E-state index contributed by atoms with van der Waals surface area (Å²) >= 11 is 0. The summed E-state index contributed by atoms with van der Waals surface area (Å²) in [4.78, 5) is 51.2. The first kappa shape index (κ1) is 21.7. The van der Waals surface area contributed by atoms with Crippen molar-refractivity contribution in [3.8, 4) is 0 Å². The Morgan fingerprint density at radius 3 is 2.66 bits per heavy atom. The zero-order valence-electron chi connectivity index (χ0n) is 18.3. The summed E-state index contributed by atoms with van der Waals surface area (Å²) in [5.41, 5.74) is 1.55. The van der Waals surface area contributed by atoms with Gasteiger partial charge in [-0.05, 0) is 33.3 Å². The van der Waals surface area contributed by atoms with Gasteiger partial charge in [-0.1, -0.05) is 6.07 Å². The quantitative estimate of drug-likeness (QED) is 0.401. The lowest BCUT2D eigenvalue weighted by Crippen LogP contribution is -2.38. The number of nitro groups is 1. The fraction of sp³-hybridized carbons (Fsp3) is 0.455. The summed E-state index contributed by atoms with van der Waals surface area (Å²) in [6.07, 6.45) is 3.01. The predicted octanol–water partition coefficient (Wildman–Crippen LogP) is 2.51. The van der Waals surface area contributed by atoms with E-state index in [1.54, 1.807) is 4.90 Å². The molecule has 0 saturated heterocycles. The largest absolute Gasteiger partial charge is 0.338 e. The van der Waals surface area contributed by atoms with Gasteiger partial charge in [-0.25, -0.2) is 0 Å². The molecule has 3 heterocycles. The Morgan fingerprint density at radius 1 is 1.22 bits per heavy atom. The summed E-state index contributed by atoms with van der Waals surface area (Å²) in [6.45, 7) is 7.38. The molecule has 1 aromatic heterocycles. The van der Waals surface area contributed by atoms with E-state index in [0.29, 0.717) is 19.5 Å². The van der Waals surface area contributed by atoms with Crippen molar-refractivity contribution in [1.29, 1.82) is 0 Å².